The number of halogens is 1. The molecule has 0 saturated carbocycles. The van der Waals surface area contributed by atoms with Crippen molar-refractivity contribution in [2.45, 2.75) is 13.5 Å². The summed E-state index contributed by atoms with van der Waals surface area (Å²) < 4.78 is 7.57. The number of morpholine rings is 1. The van der Waals surface area contributed by atoms with Gasteiger partial charge in [0.2, 0.25) is 0 Å². The van der Waals surface area contributed by atoms with Gasteiger partial charge < -0.3 is 14.9 Å². The normalized spacial score (nSPS) is 15.8. The molecule has 0 amide bonds. The number of ether oxygens (including phenoxy) is 1. The number of aromatic nitrogens is 2. The SMILES string of the molecule is Cc1cc(-c2nc3ccc(N)cn3c2CN2CCOCC2)ccc1Cl. The van der Waals surface area contributed by atoms with Gasteiger partial charge in [0.1, 0.15) is 5.65 Å². The molecule has 1 aromatic carbocycles. The third-order valence-corrected chi connectivity index (χ3v) is 5.07. The van der Waals surface area contributed by atoms with Gasteiger partial charge in [-0.3, -0.25) is 4.90 Å². The van der Waals surface area contributed by atoms with Crippen molar-refractivity contribution in [3.8, 4) is 11.3 Å². The molecule has 1 aliphatic rings. The summed E-state index contributed by atoms with van der Waals surface area (Å²) in [4.78, 5) is 7.26. The maximum absolute atomic E-state index is 6.20. The number of pyridine rings is 1. The highest BCUT2D eigenvalue weighted by Gasteiger charge is 2.19. The second kappa shape index (κ2) is 6.67. The number of nitrogen functional groups attached to an aromatic ring is 1. The second-order valence-corrected chi connectivity index (χ2v) is 6.86. The monoisotopic (exact) mass is 356 g/mol. The van der Waals surface area contributed by atoms with Crippen LogP contribution in [0, 0.1) is 6.92 Å². The predicted molar refractivity (Wildman–Crippen MR) is 101 cm³/mol. The van der Waals surface area contributed by atoms with Crippen molar-refractivity contribution >= 4 is 22.9 Å². The molecule has 3 heterocycles. The van der Waals surface area contributed by atoms with Crippen LogP contribution in [0.4, 0.5) is 5.69 Å². The van der Waals surface area contributed by atoms with E-state index in [1.807, 2.05) is 37.4 Å². The first kappa shape index (κ1) is 16.4. The minimum absolute atomic E-state index is 0.729. The van der Waals surface area contributed by atoms with Gasteiger partial charge in [-0.2, -0.15) is 0 Å². The van der Waals surface area contributed by atoms with Crippen LogP contribution in [0.25, 0.3) is 16.9 Å². The summed E-state index contributed by atoms with van der Waals surface area (Å²) in [5, 5.41) is 0.770. The zero-order valence-electron chi connectivity index (χ0n) is 14.2. The zero-order chi connectivity index (χ0) is 17.4. The highest BCUT2D eigenvalue weighted by Crippen LogP contribution is 2.29. The van der Waals surface area contributed by atoms with Crippen LogP contribution in [0.1, 0.15) is 11.3 Å². The third kappa shape index (κ3) is 3.23. The molecular formula is C19H21ClN4O. The highest BCUT2D eigenvalue weighted by molar-refractivity contribution is 6.31. The van der Waals surface area contributed by atoms with Crippen LogP contribution in [-0.2, 0) is 11.3 Å². The molecule has 0 aliphatic carbocycles. The molecule has 1 fully saturated rings. The Labute approximate surface area is 152 Å². The smallest absolute Gasteiger partial charge is 0.137 e. The van der Waals surface area contributed by atoms with Crippen LogP contribution in [0.5, 0.6) is 0 Å². The molecule has 4 rings (SSSR count). The largest absolute Gasteiger partial charge is 0.398 e. The van der Waals surface area contributed by atoms with E-state index in [9.17, 15) is 0 Å². The van der Waals surface area contributed by atoms with E-state index in [4.69, 9.17) is 27.1 Å². The quantitative estimate of drug-likeness (QED) is 0.781. The molecule has 0 radical (unpaired) electrons. The summed E-state index contributed by atoms with van der Waals surface area (Å²) in [5.41, 5.74) is 11.9. The molecular weight excluding hydrogens is 336 g/mol. The first-order chi connectivity index (χ1) is 12.1. The Morgan fingerprint density at radius 2 is 2.00 bits per heavy atom. The maximum atomic E-state index is 6.20. The number of benzene rings is 1. The molecule has 1 saturated heterocycles. The highest BCUT2D eigenvalue weighted by atomic mass is 35.5. The Kier molecular flexibility index (Phi) is 4.37. The van der Waals surface area contributed by atoms with Crippen molar-refractivity contribution in [2.24, 2.45) is 0 Å². The molecule has 1 aliphatic heterocycles. The van der Waals surface area contributed by atoms with Crippen LogP contribution in [0.2, 0.25) is 5.02 Å². The average molecular weight is 357 g/mol. The van der Waals surface area contributed by atoms with Crippen molar-refractivity contribution in [1.29, 1.82) is 0 Å². The van der Waals surface area contributed by atoms with Gasteiger partial charge in [0.25, 0.3) is 0 Å². The number of hydrogen-bond acceptors (Lipinski definition) is 4. The van der Waals surface area contributed by atoms with Gasteiger partial charge in [0, 0.05) is 42.1 Å². The minimum Gasteiger partial charge on any atom is -0.398 e. The van der Waals surface area contributed by atoms with E-state index >= 15 is 0 Å². The fraction of sp³-hybridized carbons (Fsp3) is 0.316. The van der Waals surface area contributed by atoms with E-state index in [0.29, 0.717) is 0 Å². The van der Waals surface area contributed by atoms with Gasteiger partial charge >= 0.3 is 0 Å². The van der Waals surface area contributed by atoms with Crippen molar-refractivity contribution < 1.29 is 4.74 Å². The second-order valence-electron chi connectivity index (χ2n) is 6.45. The van der Waals surface area contributed by atoms with Crippen LogP contribution in [0.3, 0.4) is 0 Å². The number of nitrogens with zero attached hydrogens (tertiary/aromatic N) is 3. The summed E-state index contributed by atoms with van der Waals surface area (Å²) in [5.74, 6) is 0. The van der Waals surface area contributed by atoms with E-state index in [2.05, 4.69) is 15.4 Å². The van der Waals surface area contributed by atoms with Crippen LogP contribution in [0.15, 0.2) is 36.5 Å². The molecule has 0 unspecified atom stereocenters. The van der Waals surface area contributed by atoms with E-state index in [-0.39, 0.29) is 0 Å². The Hall–Kier alpha value is -2.08. The molecule has 130 valence electrons. The number of imidazole rings is 1. The predicted octanol–water partition coefficient (Wildman–Crippen LogP) is 3.38. The molecule has 5 nitrogen and oxygen atoms in total. The summed E-state index contributed by atoms with van der Waals surface area (Å²) >= 11 is 6.20. The van der Waals surface area contributed by atoms with Gasteiger partial charge in [0.15, 0.2) is 0 Å². The first-order valence-corrected chi connectivity index (χ1v) is 8.83. The number of nitrogens with two attached hydrogens (primary N) is 1. The fourth-order valence-corrected chi connectivity index (χ4v) is 3.37. The Morgan fingerprint density at radius 1 is 1.20 bits per heavy atom. The van der Waals surface area contributed by atoms with E-state index in [0.717, 1.165) is 71.7 Å². The summed E-state index contributed by atoms with van der Waals surface area (Å²) in [6.45, 7) is 6.22. The summed E-state index contributed by atoms with van der Waals surface area (Å²) in [6.07, 6.45) is 1.95. The van der Waals surface area contributed by atoms with Gasteiger partial charge in [0.05, 0.1) is 24.6 Å². The molecule has 3 aromatic rings. The minimum atomic E-state index is 0.729. The lowest BCUT2D eigenvalue weighted by molar-refractivity contribution is 0.0336. The lowest BCUT2D eigenvalue weighted by atomic mass is 10.1. The fourth-order valence-electron chi connectivity index (χ4n) is 3.26. The van der Waals surface area contributed by atoms with E-state index < -0.39 is 0 Å². The zero-order valence-corrected chi connectivity index (χ0v) is 15.0. The van der Waals surface area contributed by atoms with Gasteiger partial charge in [-0.15, -0.1) is 0 Å². The number of anilines is 1. The van der Waals surface area contributed by atoms with Crippen molar-refractivity contribution in [2.75, 3.05) is 32.0 Å². The topological polar surface area (TPSA) is 55.8 Å². The molecule has 0 spiro atoms. The van der Waals surface area contributed by atoms with Gasteiger partial charge in [-0.1, -0.05) is 17.7 Å². The summed E-state index contributed by atoms with van der Waals surface area (Å²) in [7, 11) is 0. The molecule has 6 heteroatoms. The van der Waals surface area contributed by atoms with E-state index in [1.165, 1.54) is 0 Å². The van der Waals surface area contributed by atoms with E-state index in [1.54, 1.807) is 0 Å². The Balaban J connectivity index is 1.83. The Bertz CT molecular complexity index is 915. The Morgan fingerprint density at radius 3 is 2.76 bits per heavy atom. The van der Waals surface area contributed by atoms with Gasteiger partial charge in [-0.05, 0) is 36.8 Å². The molecule has 0 atom stereocenters. The number of rotatable bonds is 3. The number of fused-ring (bicyclic) bond motifs is 1. The summed E-state index contributed by atoms with van der Waals surface area (Å²) in [6, 6.07) is 9.91. The van der Waals surface area contributed by atoms with Crippen LogP contribution in [-0.4, -0.2) is 40.6 Å². The lowest BCUT2D eigenvalue weighted by Gasteiger charge is -2.26. The van der Waals surface area contributed by atoms with Crippen molar-refractivity contribution in [3.05, 3.63) is 52.8 Å². The third-order valence-electron chi connectivity index (χ3n) is 4.65. The number of hydrogen-bond donors (Lipinski definition) is 1. The molecule has 0 bridgehead atoms. The first-order valence-electron chi connectivity index (χ1n) is 8.45. The van der Waals surface area contributed by atoms with Crippen molar-refractivity contribution in [1.82, 2.24) is 14.3 Å². The lowest BCUT2D eigenvalue weighted by Crippen LogP contribution is -2.36. The standard InChI is InChI=1S/C19H21ClN4O/c1-13-10-14(2-4-16(13)20)19-17(12-23-6-8-25-9-7-23)24-11-15(21)3-5-18(24)22-19/h2-5,10-11H,6-9,12,21H2,1H3. The number of aryl methyl sites for hydroxylation is 1. The molecule has 2 N–H and O–H groups in total. The van der Waals surface area contributed by atoms with Crippen molar-refractivity contribution in [3.63, 3.8) is 0 Å². The molecule has 2 aromatic heterocycles. The van der Waals surface area contributed by atoms with Crippen LogP contribution < -0.4 is 5.73 Å². The maximum Gasteiger partial charge on any atom is 0.137 e. The van der Waals surface area contributed by atoms with Crippen LogP contribution >= 0.6 is 11.6 Å². The van der Waals surface area contributed by atoms with Gasteiger partial charge in [-0.25, -0.2) is 4.98 Å². The molecule has 25 heavy (non-hydrogen) atoms. The average Bonchev–Trinajstić information content (AvgIpc) is 2.96.